The number of ketones is 1. The first-order chi connectivity index (χ1) is 9.33. The van der Waals surface area contributed by atoms with Crippen molar-refractivity contribution in [1.29, 1.82) is 0 Å². The first-order valence-corrected chi connectivity index (χ1v) is 6.95. The lowest BCUT2D eigenvalue weighted by atomic mass is 9.90. The van der Waals surface area contributed by atoms with Crippen LogP contribution in [0.25, 0.3) is 0 Å². The van der Waals surface area contributed by atoms with Gasteiger partial charge in [-0.15, -0.1) is 0 Å². The third-order valence-corrected chi connectivity index (χ3v) is 3.78. The highest BCUT2D eigenvalue weighted by Crippen LogP contribution is 2.31. The third kappa shape index (κ3) is 2.89. The zero-order chi connectivity index (χ0) is 13.1. The molecule has 1 aromatic rings. The average molecular weight is 261 g/mol. The number of benzene rings is 1. The molecule has 0 unspecified atom stereocenters. The van der Waals surface area contributed by atoms with Crippen molar-refractivity contribution in [2.45, 2.75) is 19.3 Å². The van der Waals surface area contributed by atoms with Crippen molar-refractivity contribution >= 4 is 5.78 Å². The molecule has 102 valence electrons. The molecule has 4 nitrogen and oxygen atoms in total. The number of ether oxygens (including phenoxy) is 2. The van der Waals surface area contributed by atoms with Gasteiger partial charge in [0.2, 0.25) is 0 Å². The Morgan fingerprint density at radius 3 is 2.68 bits per heavy atom. The fraction of sp³-hybridized carbons (Fsp3) is 0.533. The summed E-state index contributed by atoms with van der Waals surface area (Å²) in [5.74, 6) is 2.11. The summed E-state index contributed by atoms with van der Waals surface area (Å²) < 4.78 is 11.0. The minimum atomic E-state index is 0.217. The molecule has 1 aromatic carbocycles. The quantitative estimate of drug-likeness (QED) is 0.897. The number of fused-ring (bicyclic) bond motifs is 1. The number of carbonyl (C=O) groups is 1. The Labute approximate surface area is 113 Å². The molecule has 0 amide bonds. The van der Waals surface area contributed by atoms with E-state index in [2.05, 4.69) is 5.32 Å². The Morgan fingerprint density at radius 2 is 1.89 bits per heavy atom. The van der Waals surface area contributed by atoms with Gasteiger partial charge >= 0.3 is 0 Å². The highest BCUT2D eigenvalue weighted by Gasteiger charge is 2.21. The van der Waals surface area contributed by atoms with Gasteiger partial charge in [0.25, 0.3) is 0 Å². The van der Waals surface area contributed by atoms with Crippen LogP contribution in [0.3, 0.4) is 0 Å². The minimum Gasteiger partial charge on any atom is -0.486 e. The van der Waals surface area contributed by atoms with Crippen LogP contribution in [0.1, 0.15) is 18.4 Å². The molecule has 1 fully saturated rings. The fourth-order valence-corrected chi connectivity index (χ4v) is 2.69. The van der Waals surface area contributed by atoms with Crippen LogP contribution in [-0.2, 0) is 11.2 Å². The first kappa shape index (κ1) is 12.5. The number of carbonyl (C=O) groups excluding carboxylic acids is 1. The van der Waals surface area contributed by atoms with Crippen LogP contribution in [0.5, 0.6) is 11.5 Å². The molecule has 2 aliphatic heterocycles. The summed E-state index contributed by atoms with van der Waals surface area (Å²) >= 11 is 0. The molecule has 3 rings (SSSR count). The van der Waals surface area contributed by atoms with E-state index in [9.17, 15) is 4.79 Å². The van der Waals surface area contributed by atoms with Gasteiger partial charge in [-0.2, -0.15) is 0 Å². The monoisotopic (exact) mass is 261 g/mol. The molecule has 0 saturated carbocycles. The standard InChI is InChI=1S/C15H19NO3/c17-13(12-3-5-16-6-4-12)9-11-1-2-14-15(10-11)19-8-7-18-14/h1-2,10,12,16H,3-9H2. The SMILES string of the molecule is O=C(Cc1ccc2c(c1)OCCO2)C1CCNCC1. The van der Waals surface area contributed by atoms with E-state index in [-0.39, 0.29) is 5.92 Å². The van der Waals surface area contributed by atoms with Crippen molar-refractivity contribution in [3.8, 4) is 11.5 Å². The number of nitrogens with one attached hydrogen (secondary N) is 1. The van der Waals surface area contributed by atoms with E-state index in [1.807, 2.05) is 18.2 Å². The van der Waals surface area contributed by atoms with Crippen LogP contribution >= 0.6 is 0 Å². The van der Waals surface area contributed by atoms with E-state index < -0.39 is 0 Å². The normalized spacial score (nSPS) is 19.2. The molecule has 0 aliphatic carbocycles. The van der Waals surface area contributed by atoms with E-state index in [0.29, 0.717) is 25.4 Å². The molecule has 2 heterocycles. The largest absolute Gasteiger partial charge is 0.486 e. The minimum absolute atomic E-state index is 0.217. The predicted octanol–water partition coefficient (Wildman–Crippen LogP) is 1.57. The number of rotatable bonds is 3. The topological polar surface area (TPSA) is 47.6 Å². The summed E-state index contributed by atoms with van der Waals surface area (Å²) in [6.07, 6.45) is 2.42. The van der Waals surface area contributed by atoms with Crippen molar-refractivity contribution in [3.05, 3.63) is 23.8 Å². The Hall–Kier alpha value is -1.55. The lowest BCUT2D eigenvalue weighted by molar-refractivity contribution is -0.122. The number of Topliss-reactive ketones (excluding diaryl/α,β-unsaturated/α-hetero) is 1. The van der Waals surface area contributed by atoms with Gasteiger partial charge < -0.3 is 14.8 Å². The van der Waals surface area contributed by atoms with E-state index in [1.54, 1.807) is 0 Å². The summed E-state index contributed by atoms with van der Waals surface area (Å²) in [6.45, 7) is 3.09. The average Bonchev–Trinajstić information content (AvgIpc) is 2.48. The molecular formula is C15H19NO3. The summed E-state index contributed by atoms with van der Waals surface area (Å²) in [5.41, 5.74) is 1.02. The Kier molecular flexibility index (Phi) is 3.69. The molecular weight excluding hydrogens is 242 g/mol. The van der Waals surface area contributed by atoms with Crippen molar-refractivity contribution in [1.82, 2.24) is 5.32 Å². The highest BCUT2D eigenvalue weighted by atomic mass is 16.6. The van der Waals surface area contributed by atoms with Crippen LogP contribution in [-0.4, -0.2) is 32.1 Å². The second kappa shape index (κ2) is 5.61. The van der Waals surface area contributed by atoms with Gasteiger partial charge in [0.05, 0.1) is 0 Å². The summed E-state index contributed by atoms with van der Waals surface area (Å²) in [7, 11) is 0. The molecule has 19 heavy (non-hydrogen) atoms. The van der Waals surface area contributed by atoms with Crippen LogP contribution in [0, 0.1) is 5.92 Å². The van der Waals surface area contributed by atoms with Crippen LogP contribution in [0.15, 0.2) is 18.2 Å². The van der Waals surface area contributed by atoms with E-state index in [0.717, 1.165) is 43.0 Å². The lowest BCUT2D eigenvalue weighted by Crippen LogP contribution is -2.32. The maximum atomic E-state index is 12.2. The van der Waals surface area contributed by atoms with Gasteiger partial charge in [0.1, 0.15) is 19.0 Å². The van der Waals surface area contributed by atoms with Crippen molar-refractivity contribution in [3.63, 3.8) is 0 Å². The van der Waals surface area contributed by atoms with Crippen LogP contribution in [0.4, 0.5) is 0 Å². The smallest absolute Gasteiger partial charge is 0.161 e. The number of piperidine rings is 1. The Bertz CT molecular complexity index is 466. The van der Waals surface area contributed by atoms with Gasteiger partial charge in [0.15, 0.2) is 11.5 Å². The molecule has 0 spiro atoms. The van der Waals surface area contributed by atoms with Crippen molar-refractivity contribution in [2.75, 3.05) is 26.3 Å². The highest BCUT2D eigenvalue weighted by molar-refractivity contribution is 5.83. The second-order valence-corrected chi connectivity index (χ2v) is 5.15. The molecule has 0 atom stereocenters. The van der Waals surface area contributed by atoms with E-state index >= 15 is 0 Å². The lowest BCUT2D eigenvalue weighted by Gasteiger charge is -2.22. The fourth-order valence-electron chi connectivity index (χ4n) is 2.69. The van der Waals surface area contributed by atoms with Crippen LogP contribution < -0.4 is 14.8 Å². The maximum Gasteiger partial charge on any atom is 0.161 e. The summed E-state index contributed by atoms with van der Waals surface area (Å²) in [5, 5.41) is 3.29. The molecule has 1 saturated heterocycles. The molecule has 0 radical (unpaired) electrons. The summed E-state index contributed by atoms with van der Waals surface area (Å²) in [6, 6.07) is 5.81. The second-order valence-electron chi connectivity index (χ2n) is 5.15. The van der Waals surface area contributed by atoms with Gasteiger partial charge in [-0.3, -0.25) is 4.79 Å². The van der Waals surface area contributed by atoms with Crippen molar-refractivity contribution in [2.24, 2.45) is 5.92 Å². The van der Waals surface area contributed by atoms with Crippen molar-refractivity contribution < 1.29 is 14.3 Å². The summed E-state index contributed by atoms with van der Waals surface area (Å²) in [4.78, 5) is 12.2. The molecule has 0 aromatic heterocycles. The van der Waals surface area contributed by atoms with E-state index in [4.69, 9.17) is 9.47 Å². The molecule has 4 heteroatoms. The molecule has 1 N–H and O–H groups in total. The number of hydrogen-bond donors (Lipinski definition) is 1. The third-order valence-electron chi connectivity index (χ3n) is 3.78. The Morgan fingerprint density at radius 1 is 1.16 bits per heavy atom. The van der Waals surface area contributed by atoms with E-state index in [1.165, 1.54) is 0 Å². The zero-order valence-electron chi connectivity index (χ0n) is 11.0. The molecule has 2 aliphatic rings. The first-order valence-electron chi connectivity index (χ1n) is 6.95. The van der Waals surface area contributed by atoms with Crippen LogP contribution in [0.2, 0.25) is 0 Å². The predicted molar refractivity (Wildman–Crippen MR) is 71.7 cm³/mol. The van der Waals surface area contributed by atoms with Gasteiger partial charge in [-0.05, 0) is 43.6 Å². The zero-order valence-corrected chi connectivity index (χ0v) is 11.0. The Balaban J connectivity index is 1.67. The van der Waals surface area contributed by atoms with Gasteiger partial charge in [-0.25, -0.2) is 0 Å². The number of hydrogen-bond acceptors (Lipinski definition) is 4. The molecule has 0 bridgehead atoms. The van der Waals surface area contributed by atoms with Gasteiger partial charge in [-0.1, -0.05) is 6.07 Å². The maximum absolute atomic E-state index is 12.2. The van der Waals surface area contributed by atoms with Gasteiger partial charge in [0, 0.05) is 12.3 Å².